The first-order valence-electron chi connectivity index (χ1n) is 9.11. The first-order valence-corrected chi connectivity index (χ1v) is 9.99. The van der Waals surface area contributed by atoms with Crippen LogP contribution in [0.25, 0.3) is 0 Å². The maximum Gasteiger partial charge on any atom is 0.290 e. The lowest BCUT2D eigenvalue weighted by Crippen LogP contribution is -2.43. The Kier molecular flexibility index (Phi) is 7.36. The van der Waals surface area contributed by atoms with Gasteiger partial charge in [0.1, 0.15) is 5.03 Å². The van der Waals surface area contributed by atoms with Crippen LogP contribution >= 0.6 is 11.8 Å². The number of hydrogen-bond donors (Lipinski definition) is 1. The van der Waals surface area contributed by atoms with E-state index in [-0.39, 0.29) is 28.4 Å². The molecule has 3 rings (SSSR count). The fraction of sp³-hybridized carbons (Fsp3) is 0.400. The molecule has 1 atom stereocenters. The smallest absolute Gasteiger partial charge is 0.290 e. The number of aryl methyl sites for hydroxylation is 1. The molecule has 1 saturated heterocycles. The molecule has 1 aromatic heterocycles. The lowest BCUT2D eigenvalue weighted by Gasteiger charge is -2.35. The number of benzene rings is 1. The zero-order valence-electron chi connectivity index (χ0n) is 15.6. The number of aromatic nitrogens is 1. The van der Waals surface area contributed by atoms with E-state index in [4.69, 9.17) is 4.74 Å². The molecule has 1 aliphatic heterocycles. The van der Waals surface area contributed by atoms with Gasteiger partial charge in [0.15, 0.2) is 0 Å². The number of thioether (sulfide) groups is 1. The average molecular weight is 407 g/mol. The number of morpholine rings is 1. The van der Waals surface area contributed by atoms with Gasteiger partial charge in [-0.25, -0.2) is 4.98 Å². The van der Waals surface area contributed by atoms with Crippen molar-refractivity contribution in [2.24, 2.45) is 0 Å². The predicted octanol–water partition coefficient (Wildman–Crippen LogP) is 3.51. The molecule has 0 saturated carbocycles. The van der Waals surface area contributed by atoms with Crippen LogP contribution in [0.1, 0.15) is 27.5 Å². The van der Waals surface area contributed by atoms with Crippen LogP contribution in [0, 0.1) is 6.92 Å². The van der Waals surface area contributed by atoms with Gasteiger partial charge in [0.2, 0.25) is 0 Å². The molecule has 1 fully saturated rings. The molecule has 1 amide bonds. The second-order valence-electron chi connectivity index (χ2n) is 6.52. The molecule has 1 aromatic carbocycles. The molecule has 2 aromatic rings. The Morgan fingerprint density at radius 3 is 2.79 bits per heavy atom. The van der Waals surface area contributed by atoms with Gasteiger partial charge in [-0.05, 0) is 36.4 Å². The summed E-state index contributed by atoms with van der Waals surface area (Å²) in [4.78, 5) is 18.9. The maximum absolute atomic E-state index is 12.8. The van der Waals surface area contributed by atoms with Crippen molar-refractivity contribution in [2.45, 2.75) is 23.7 Å². The molecule has 1 N–H and O–H groups in total. The first-order chi connectivity index (χ1) is 13.5. The van der Waals surface area contributed by atoms with E-state index in [1.54, 1.807) is 6.07 Å². The first kappa shape index (κ1) is 20.7. The predicted molar refractivity (Wildman–Crippen MR) is 105 cm³/mol. The van der Waals surface area contributed by atoms with E-state index in [0.717, 1.165) is 24.2 Å². The minimum Gasteiger partial charge on any atom is -0.379 e. The summed E-state index contributed by atoms with van der Waals surface area (Å²) in [7, 11) is 0. The van der Waals surface area contributed by atoms with E-state index in [9.17, 15) is 13.6 Å². The van der Waals surface area contributed by atoms with Crippen molar-refractivity contribution in [1.29, 1.82) is 0 Å². The van der Waals surface area contributed by atoms with Crippen molar-refractivity contribution in [3.63, 3.8) is 0 Å². The zero-order valence-corrected chi connectivity index (χ0v) is 16.4. The Hall–Kier alpha value is -2.03. The van der Waals surface area contributed by atoms with Crippen molar-refractivity contribution in [3.8, 4) is 0 Å². The number of amides is 1. The molecule has 0 radical (unpaired) electrons. The lowest BCUT2D eigenvalue weighted by atomic mass is 10.0. The summed E-state index contributed by atoms with van der Waals surface area (Å²) in [5.74, 6) is -3.03. The summed E-state index contributed by atoms with van der Waals surface area (Å²) >= 11 is 0.282. The van der Waals surface area contributed by atoms with Crippen LogP contribution in [-0.2, 0) is 4.74 Å². The van der Waals surface area contributed by atoms with Gasteiger partial charge in [-0.15, -0.1) is 0 Å². The van der Waals surface area contributed by atoms with Crippen LogP contribution < -0.4 is 5.32 Å². The van der Waals surface area contributed by atoms with Crippen molar-refractivity contribution in [2.75, 3.05) is 32.8 Å². The zero-order chi connectivity index (χ0) is 19.9. The number of nitrogens with one attached hydrogen (secondary N) is 1. The van der Waals surface area contributed by atoms with Crippen LogP contribution in [0.3, 0.4) is 0 Å². The van der Waals surface area contributed by atoms with Crippen molar-refractivity contribution >= 4 is 17.7 Å². The van der Waals surface area contributed by atoms with Gasteiger partial charge >= 0.3 is 0 Å². The summed E-state index contributed by atoms with van der Waals surface area (Å²) in [6.07, 6.45) is 1.41. The summed E-state index contributed by atoms with van der Waals surface area (Å²) in [5, 5.41) is 2.94. The molecule has 0 bridgehead atoms. The van der Waals surface area contributed by atoms with Gasteiger partial charge in [-0.1, -0.05) is 29.8 Å². The molecule has 28 heavy (non-hydrogen) atoms. The molecule has 0 aliphatic carbocycles. The Morgan fingerprint density at radius 1 is 1.29 bits per heavy atom. The number of carbonyl (C=O) groups is 1. The molecular weight excluding hydrogens is 384 g/mol. The molecule has 1 aliphatic rings. The number of ether oxygens (including phenoxy) is 1. The highest BCUT2D eigenvalue weighted by atomic mass is 32.2. The molecule has 1 unspecified atom stereocenters. The highest BCUT2D eigenvalue weighted by molar-refractivity contribution is 7.99. The summed E-state index contributed by atoms with van der Waals surface area (Å²) in [5.41, 5.74) is 2.42. The standard InChI is InChI=1S/C20H23F2N3O2S/c1-14-4-2-5-15(12-14)17(25-8-10-27-11-9-25)13-24-18(26)16-6-3-7-23-19(16)28-20(21)22/h2-7,12,17,20H,8-11,13H2,1H3,(H,24,26). The summed E-state index contributed by atoms with van der Waals surface area (Å²) in [6.45, 7) is 5.24. The van der Waals surface area contributed by atoms with E-state index >= 15 is 0 Å². The van der Waals surface area contributed by atoms with Crippen LogP contribution in [0.2, 0.25) is 0 Å². The number of rotatable bonds is 7. The molecule has 150 valence electrons. The summed E-state index contributed by atoms with van der Waals surface area (Å²) in [6, 6.07) is 11.3. The third-order valence-corrected chi connectivity index (χ3v) is 5.31. The average Bonchev–Trinajstić information content (AvgIpc) is 2.69. The van der Waals surface area contributed by atoms with Gasteiger partial charge in [0.25, 0.3) is 11.7 Å². The number of nitrogens with zero attached hydrogens (tertiary/aromatic N) is 2. The third kappa shape index (κ3) is 5.50. The van der Waals surface area contributed by atoms with Crippen molar-refractivity contribution in [1.82, 2.24) is 15.2 Å². The van der Waals surface area contributed by atoms with Gasteiger partial charge in [-0.2, -0.15) is 8.78 Å². The van der Waals surface area contributed by atoms with Crippen molar-refractivity contribution in [3.05, 3.63) is 59.3 Å². The Labute approximate surface area is 167 Å². The van der Waals surface area contributed by atoms with Crippen LogP contribution in [-0.4, -0.2) is 54.4 Å². The number of halogens is 2. The molecule has 2 heterocycles. The van der Waals surface area contributed by atoms with Crippen LogP contribution in [0.15, 0.2) is 47.6 Å². The summed E-state index contributed by atoms with van der Waals surface area (Å²) < 4.78 is 31.0. The second-order valence-corrected chi connectivity index (χ2v) is 7.50. The fourth-order valence-electron chi connectivity index (χ4n) is 3.25. The Balaban J connectivity index is 1.75. The Morgan fingerprint density at radius 2 is 2.07 bits per heavy atom. The minimum atomic E-state index is -2.63. The number of carbonyl (C=O) groups excluding carboxylic acids is 1. The quantitative estimate of drug-likeness (QED) is 0.712. The van der Waals surface area contributed by atoms with E-state index in [1.807, 2.05) is 25.1 Å². The molecule has 5 nitrogen and oxygen atoms in total. The van der Waals surface area contributed by atoms with Crippen LogP contribution in [0.4, 0.5) is 8.78 Å². The van der Waals surface area contributed by atoms with E-state index < -0.39 is 11.7 Å². The lowest BCUT2D eigenvalue weighted by molar-refractivity contribution is 0.0162. The van der Waals surface area contributed by atoms with Crippen LogP contribution in [0.5, 0.6) is 0 Å². The van der Waals surface area contributed by atoms with Gasteiger partial charge in [0.05, 0.1) is 24.8 Å². The normalized spacial score (nSPS) is 16.1. The monoisotopic (exact) mass is 407 g/mol. The fourth-order valence-corrected chi connectivity index (χ4v) is 3.83. The third-order valence-electron chi connectivity index (χ3n) is 4.59. The minimum absolute atomic E-state index is 0.0179. The molecule has 8 heteroatoms. The number of pyridine rings is 1. The van der Waals surface area contributed by atoms with Gasteiger partial charge < -0.3 is 10.1 Å². The molecule has 0 spiro atoms. The van der Waals surface area contributed by atoms with E-state index in [0.29, 0.717) is 19.8 Å². The van der Waals surface area contributed by atoms with Gasteiger partial charge in [-0.3, -0.25) is 9.69 Å². The topological polar surface area (TPSA) is 54.5 Å². The molecular formula is C20H23F2N3O2S. The number of alkyl halides is 2. The highest BCUT2D eigenvalue weighted by Crippen LogP contribution is 2.27. The SMILES string of the molecule is Cc1cccc(C(CNC(=O)c2cccnc2SC(F)F)N2CCOCC2)c1. The largest absolute Gasteiger partial charge is 0.379 e. The number of hydrogen-bond acceptors (Lipinski definition) is 5. The second kappa shape index (κ2) is 9.95. The Bertz CT molecular complexity index is 801. The maximum atomic E-state index is 12.8. The van der Waals surface area contributed by atoms with Gasteiger partial charge in [0, 0.05) is 25.8 Å². The van der Waals surface area contributed by atoms with Crippen molar-refractivity contribution < 1.29 is 18.3 Å². The highest BCUT2D eigenvalue weighted by Gasteiger charge is 2.24. The van der Waals surface area contributed by atoms with E-state index in [2.05, 4.69) is 21.3 Å². The van der Waals surface area contributed by atoms with E-state index in [1.165, 1.54) is 12.3 Å².